The van der Waals surface area contributed by atoms with Gasteiger partial charge in [-0.15, -0.1) is 10.2 Å². The minimum Gasteiger partial charge on any atom is -0.311 e. The molecule has 0 saturated carbocycles. The van der Waals surface area contributed by atoms with Crippen molar-refractivity contribution in [3.05, 3.63) is 63.9 Å². The van der Waals surface area contributed by atoms with Crippen molar-refractivity contribution >= 4 is 35.1 Å². The molecule has 132 valence electrons. The summed E-state index contributed by atoms with van der Waals surface area (Å²) in [5.41, 5.74) is 2.76. The van der Waals surface area contributed by atoms with Gasteiger partial charge in [-0.1, -0.05) is 35.7 Å². The molecule has 1 aliphatic heterocycles. The molecule has 0 saturated heterocycles. The van der Waals surface area contributed by atoms with Crippen LogP contribution in [0.4, 0.5) is 5.69 Å². The average Bonchev–Trinajstić information content (AvgIpc) is 2.90. The number of nitrogens with zero attached hydrogens (tertiary/aromatic N) is 4. The number of aromatic nitrogens is 3. The first-order valence-electron chi connectivity index (χ1n) is 8.72. The zero-order chi connectivity index (χ0) is 17.9. The van der Waals surface area contributed by atoms with Gasteiger partial charge in [0.2, 0.25) is 0 Å². The average molecular weight is 385 g/mol. The quantitative estimate of drug-likeness (QED) is 0.541. The molecule has 0 bridgehead atoms. The van der Waals surface area contributed by atoms with Crippen LogP contribution in [0.15, 0.2) is 47.5 Å². The summed E-state index contributed by atoms with van der Waals surface area (Å²) in [6, 6.07) is 13.4. The third-order valence-corrected chi connectivity index (χ3v) is 5.11. The van der Waals surface area contributed by atoms with Crippen LogP contribution in [0.25, 0.3) is 11.4 Å². The van der Waals surface area contributed by atoms with E-state index in [2.05, 4.69) is 19.8 Å². The number of fused-ring (bicyclic) bond motifs is 1. The highest BCUT2D eigenvalue weighted by atomic mass is 35.5. The van der Waals surface area contributed by atoms with E-state index in [4.69, 9.17) is 23.2 Å². The lowest BCUT2D eigenvalue weighted by Crippen LogP contribution is -2.02. The Morgan fingerprint density at radius 1 is 0.962 bits per heavy atom. The van der Waals surface area contributed by atoms with E-state index in [1.807, 2.05) is 30.3 Å². The molecule has 2 heterocycles. The zero-order valence-corrected chi connectivity index (χ0v) is 15.7. The zero-order valence-electron chi connectivity index (χ0n) is 14.2. The summed E-state index contributed by atoms with van der Waals surface area (Å²) in [5.74, 6) is 2.04. The molecule has 0 radical (unpaired) electrons. The van der Waals surface area contributed by atoms with Crippen molar-refractivity contribution in [2.75, 3.05) is 0 Å². The SMILES string of the molecule is Clc1ccc(C=Nc2ccc(-c3nnc4n3CCCCC4)cc2)c(Cl)c1. The number of aliphatic imine (C=N–C) groups is 1. The number of rotatable bonds is 3. The van der Waals surface area contributed by atoms with Crippen molar-refractivity contribution in [1.82, 2.24) is 14.8 Å². The highest BCUT2D eigenvalue weighted by molar-refractivity contribution is 6.36. The van der Waals surface area contributed by atoms with Gasteiger partial charge >= 0.3 is 0 Å². The van der Waals surface area contributed by atoms with Gasteiger partial charge in [0.25, 0.3) is 0 Å². The van der Waals surface area contributed by atoms with Gasteiger partial charge in [0.05, 0.1) is 10.7 Å². The van der Waals surface area contributed by atoms with Crippen LogP contribution in [0.5, 0.6) is 0 Å². The number of aryl methyl sites for hydroxylation is 1. The lowest BCUT2D eigenvalue weighted by atomic mass is 10.2. The summed E-state index contributed by atoms with van der Waals surface area (Å²) in [4.78, 5) is 4.50. The third kappa shape index (κ3) is 3.67. The second-order valence-electron chi connectivity index (χ2n) is 6.37. The molecule has 0 spiro atoms. The molecule has 3 aromatic rings. The van der Waals surface area contributed by atoms with Crippen LogP contribution in [-0.4, -0.2) is 21.0 Å². The Morgan fingerprint density at radius 2 is 1.81 bits per heavy atom. The molecule has 26 heavy (non-hydrogen) atoms. The highest BCUT2D eigenvalue weighted by Crippen LogP contribution is 2.25. The Balaban J connectivity index is 1.56. The second-order valence-corrected chi connectivity index (χ2v) is 7.22. The Bertz CT molecular complexity index is 945. The fourth-order valence-corrected chi connectivity index (χ4v) is 3.60. The Kier molecular flexibility index (Phi) is 5.05. The molecular formula is C20H18Cl2N4. The van der Waals surface area contributed by atoms with Gasteiger partial charge in [0.1, 0.15) is 5.82 Å². The fraction of sp³-hybridized carbons (Fsp3) is 0.250. The van der Waals surface area contributed by atoms with Crippen LogP contribution in [0.3, 0.4) is 0 Å². The van der Waals surface area contributed by atoms with Crippen LogP contribution >= 0.6 is 23.2 Å². The third-order valence-electron chi connectivity index (χ3n) is 4.55. The predicted molar refractivity (Wildman–Crippen MR) is 107 cm³/mol. The molecule has 0 N–H and O–H groups in total. The van der Waals surface area contributed by atoms with Gasteiger partial charge in [0, 0.05) is 35.3 Å². The summed E-state index contributed by atoms with van der Waals surface area (Å²) in [6.07, 6.45) is 6.39. The number of halogens is 2. The summed E-state index contributed by atoms with van der Waals surface area (Å²) in [7, 11) is 0. The Labute approximate surface area is 162 Å². The molecule has 0 aliphatic carbocycles. The van der Waals surface area contributed by atoms with Crippen molar-refractivity contribution in [2.45, 2.75) is 32.2 Å². The highest BCUT2D eigenvalue weighted by Gasteiger charge is 2.15. The summed E-state index contributed by atoms with van der Waals surface area (Å²) >= 11 is 12.1. The molecule has 4 rings (SSSR count). The van der Waals surface area contributed by atoms with Crippen molar-refractivity contribution in [3.8, 4) is 11.4 Å². The van der Waals surface area contributed by atoms with E-state index in [1.54, 1.807) is 18.3 Å². The van der Waals surface area contributed by atoms with Gasteiger partial charge in [0.15, 0.2) is 5.82 Å². The van der Waals surface area contributed by atoms with Crippen LogP contribution in [0.1, 0.15) is 30.7 Å². The maximum Gasteiger partial charge on any atom is 0.163 e. The van der Waals surface area contributed by atoms with E-state index >= 15 is 0 Å². The standard InChI is InChI=1S/C20H18Cl2N4/c21-16-8-5-15(18(22)12-16)13-23-17-9-6-14(7-10-17)20-25-24-19-4-2-1-3-11-26(19)20/h5-10,12-13H,1-4,11H2. The van der Waals surface area contributed by atoms with Gasteiger partial charge in [-0.05, 0) is 49.2 Å². The van der Waals surface area contributed by atoms with Crippen LogP contribution in [0, 0.1) is 0 Å². The lowest BCUT2D eigenvalue weighted by Gasteiger charge is -2.07. The molecule has 4 nitrogen and oxygen atoms in total. The molecule has 0 atom stereocenters. The maximum absolute atomic E-state index is 6.18. The molecule has 0 unspecified atom stereocenters. The van der Waals surface area contributed by atoms with Gasteiger partial charge in [-0.2, -0.15) is 0 Å². The van der Waals surface area contributed by atoms with E-state index in [9.17, 15) is 0 Å². The van der Waals surface area contributed by atoms with Gasteiger partial charge in [-0.3, -0.25) is 4.99 Å². The molecule has 1 aliphatic rings. The van der Waals surface area contributed by atoms with Gasteiger partial charge < -0.3 is 4.57 Å². The number of hydrogen-bond acceptors (Lipinski definition) is 3. The van der Waals surface area contributed by atoms with Gasteiger partial charge in [-0.25, -0.2) is 0 Å². The summed E-state index contributed by atoms with van der Waals surface area (Å²) in [6.45, 7) is 0.993. The van der Waals surface area contributed by atoms with Crippen molar-refractivity contribution < 1.29 is 0 Å². The van der Waals surface area contributed by atoms with E-state index < -0.39 is 0 Å². The summed E-state index contributed by atoms with van der Waals surface area (Å²) < 4.78 is 2.25. The predicted octanol–water partition coefficient (Wildman–Crippen LogP) is 5.73. The molecule has 2 aromatic carbocycles. The minimum absolute atomic E-state index is 0.587. The molecular weight excluding hydrogens is 367 g/mol. The monoisotopic (exact) mass is 384 g/mol. The lowest BCUT2D eigenvalue weighted by molar-refractivity contribution is 0.636. The Morgan fingerprint density at radius 3 is 2.62 bits per heavy atom. The molecule has 0 amide bonds. The van der Waals surface area contributed by atoms with Crippen LogP contribution in [-0.2, 0) is 13.0 Å². The first-order chi connectivity index (χ1) is 12.7. The number of hydrogen-bond donors (Lipinski definition) is 0. The summed E-state index contributed by atoms with van der Waals surface area (Å²) in [5, 5.41) is 9.97. The van der Waals surface area contributed by atoms with Crippen LogP contribution < -0.4 is 0 Å². The maximum atomic E-state index is 6.18. The van der Waals surface area contributed by atoms with Crippen LogP contribution in [0.2, 0.25) is 10.0 Å². The largest absolute Gasteiger partial charge is 0.311 e. The fourth-order valence-electron chi connectivity index (χ4n) is 3.15. The van der Waals surface area contributed by atoms with Crippen molar-refractivity contribution in [2.24, 2.45) is 4.99 Å². The topological polar surface area (TPSA) is 43.1 Å². The van der Waals surface area contributed by atoms with E-state index in [0.717, 1.165) is 41.4 Å². The number of benzene rings is 2. The van der Waals surface area contributed by atoms with E-state index in [1.165, 1.54) is 19.3 Å². The second kappa shape index (κ2) is 7.60. The van der Waals surface area contributed by atoms with Crippen molar-refractivity contribution in [1.29, 1.82) is 0 Å². The normalized spacial score (nSPS) is 14.4. The van der Waals surface area contributed by atoms with Crippen molar-refractivity contribution in [3.63, 3.8) is 0 Å². The first kappa shape index (κ1) is 17.3. The molecule has 6 heteroatoms. The Hall–Kier alpha value is -2.17. The smallest absolute Gasteiger partial charge is 0.163 e. The van der Waals surface area contributed by atoms with E-state index in [-0.39, 0.29) is 0 Å². The first-order valence-corrected chi connectivity index (χ1v) is 9.48. The minimum atomic E-state index is 0.587. The molecule has 1 aromatic heterocycles. The molecule has 0 fully saturated rings. The van der Waals surface area contributed by atoms with E-state index in [0.29, 0.717) is 10.0 Å².